The fourth-order valence-corrected chi connectivity index (χ4v) is 4.63. The van der Waals surface area contributed by atoms with E-state index in [-0.39, 0.29) is 83.1 Å². The van der Waals surface area contributed by atoms with Gasteiger partial charge in [-0.3, -0.25) is 24.3 Å². The van der Waals surface area contributed by atoms with Crippen LogP contribution in [0.25, 0.3) is 0 Å². The zero-order valence-electron chi connectivity index (χ0n) is 30.2. The molecule has 2 N–H and O–H groups in total. The number of unbranched alkanes of at least 4 members (excludes halogenated alkanes) is 1. The average molecular weight is 904 g/mol. The molecule has 6 rings (SSSR count). The molecule has 0 heterocycles. The molecule has 1 unspecified atom stereocenters. The summed E-state index contributed by atoms with van der Waals surface area (Å²) in [5.74, 6) is 1.12. The third-order valence-corrected chi connectivity index (χ3v) is 7.29. The molecule has 2 radical (unpaired) electrons. The van der Waals surface area contributed by atoms with Crippen LogP contribution in [0.15, 0.2) is 121 Å². The van der Waals surface area contributed by atoms with Crippen molar-refractivity contribution < 1.29 is 93.3 Å². The van der Waals surface area contributed by atoms with Gasteiger partial charge in [0.25, 0.3) is 0 Å². The first kappa shape index (κ1) is 54.2. The maximum Gasteiger partial charge on any atom is 4.00 e. The van der Waals surface area contributed by atoms with Gasteiger partial charge in [-0.2, -0.15) is 24.3 Å². The van der Waals surface area contributed by atoms with Crippen molar-refractivity contribution in [3.05, 3.63) is 145 Å². The van der Waals surface area contributed by atoms with Crippen molar-refractivity contribution in [3.8, 4) is 0 Å². The third-order valence-electron chi connectivity index (χ3n) is 7.29. The summed E-state index contributed by atoms with van der Waals surface area (Å²) in [5.41, 5.74) is 3.02. The number of halogens is 1. The van der Waals surface area contributed by atoms with E-state index in [1.165, 1.54) is 30.4 Å². The Morgan fingerprint density at radius 3 is 1.25 bits per heavy atom. The van der Waals surface area contributed by atoms with Gasteiger partial charge in [-0.15, -0.1) is 25.7 Å². The molecule has 0 fully saturated rings. The van der Waals surface area contributed by atoms with Crippen molar-refractivity contribution in [1.29, 1.82) is 0 Å². The Hall–Kier alpha value is -0.611. The summed E-state index contributed by atoms with van der Waals surface area (Å²) in [6, 6.07) is 0. The Bertz CT molecular complexity index is 936. The first-order valence-electron chi connectivity index (χ1n) is 16.6. The number of hydrogen-bond donors (Lipinski definition) is 2. The van der Waals surface area contributed by atoms with Gasteiger partial charge in [0.2, 0.25) is 0 Å². The summed E-state index contributed by atoms with van der Waals surface area (Å²) in [6.07, 6.45) is 62.2. The predicted molar refractivity (Wildman–Crippen MR) is 191 cm³/mol. The SMILES string of the molecule is CCCCC(CC)CO.OCCCC(C1=CC=CC1)C1=CC=CC1.[C-]1=CC=CC1.[C-]1=CC=CC1.[C-]1=CC=CC1.[C-]1=CC=CC1.[Cl-].[H-].[Hf+4].[Ti+3].[Ti+3]. The second-order valence-electron chi connectivity index (χ2n) is 10.8. The van der Waals surface area contributed by atoms with Crippen LogP contribution in [0.2, 0.25) is 0 Å². The van der Waals surface area contributed by atoms with Gasteiger partial charge in [0.1, 0.15) is 0 Å². The van der Waals surface area contributed by atoms with E-state index in [1.807, 2.05) is 48.6 Å². The molecule has 0 saturated carbocycles. The minimum Gasteiger partial charge on any atom is -1.00 e. The zero-order chi connectivity index (χ0) is 31.8. The van der Waals surface area contributed by atoms with E-state index >= 15 is 0 Å². The Kier molecular flexibility index (Phi) is 48.0. The van der Waals surface area contributed by atoms with E-state index in [0.717, 1.165) is 57.8 Å². The maximum absolute atomic E-state index is 8.93. The van der Waals surface area contributed by atoms with Gasteiger partial charge < -0.3 is 24.0 Å². The van der Waals surface area contributed by atoms with Crippen molar-refractivity contribution in [2.75, 3.05) is 13.2 Å². The fraction of sp³-hybridized carbons (Fsp3) is 0.429. The maximum atomic E-state index is 8.93. The molecule has 0 amide bonds. The van der Waals surface area contributed by atoms with Crippen LogP contribution >= 0.6 is 0 Å². The molecule has 6 heteroatoms. The molecule has 48 heavy (non-hydrogen) atoms. The molecule has 6 aliphatic rings. The molecular formula is C42H57ClHfO2Ti2+4. The van der Waals surface area contributed by atoms with E-state index in [2.05, 4.69) is 98.9 Å². The van der Waals surface area contributed by atoms with Gasteiger partial charge in [-0.25, -0.2) is 48.6 Å². The Labute approximate surface area is 351 Å². The second kappa shape index (κ2) is 42.6. The quantitative estimate of drug-likeness (QED) is 0.175. The first-order valence-corrected chi connectivity index (χ1v) is 16.6. The molecule has 252 valence electrons. The van der Waals surface area contributed by atoms with Crippen molar-refractivity contribution in [2.24, 2.45) is 11.8 Å². The van der Waals surface area contributed by atoms with Crippen LogP contribution < -0.4 is 12.4 Å². The normalized spacial score (nSPS) is 15.8. The van der Waals surface area contributed by atoms with Crippen LogP contribution in [-0.4, -0.2) is 23.4 Å². The number of hydrogen-bond acceptors (Lipinski definition) is 2. The molecule has 0 saturated heterocycles. The van der Waals surface area contributed by atoms with Gasteiger partial charge in [0.15, 0.2) is 0 Å². The van der Waals surface area contributed by atoms with Crippen LogP contribution in [0.1, 0.15) is 92.3 Å². The molecule has 0 aromatic heterocycles. The van der Waals surface area contributed by atoms with Gasteiger partial charge in [0.05, 0.1) is 0 Å². The van der Waals surface area contributed by atoms with Crippen LogP contribution in [0, 0.1) is 36.1 Å². The third kappa shape index (κ3) is 31.4. The predicted octanol–water partition coefficient (Wildman–Crippen LogP) is 7.67. The number of rotatable bonds is 10. The molecule has 6 aliphatic carbocycles. The van der Waals surface area contributed by atoms with Gasteiger partial charge in [-0.1, -0.05) is 80.7 Å². The number of aliphatic hydroxyl groups excluding tert-OH is 2. The van der Waals surface area contributed by atoms with E-state index < -0.39 is 0 Å². The summed E-state index contributed by atoms with van der Waals surface area (Å²) in [5, 5.41) is 17.7. The molecular weight excluding hydrogens is 846 g/mol. The Morgan fingerprint density at radius 2 is 1.04 bits per heavy atom. The van der Waals surface area contributed by atoms with Crippen molar-refractivity contribution >= 4 is 0 Å². The monoisotopic (exact) mass is 904 g/mol. The Balaban J connectivity index is -0.000000165. The Morgan fingerprint density at radius 1 is 0.625 bits per heavy atom. The zero-order valence-corrected chi connectivity index (χ0v) is 36.7. The summed E-state index contributed by atoms with van der Waals surface area (Å²) in [7, 11) is 0. The summed E-state index contributed by atoms with van der Waals surface area (Å²) in [6.45, 7) is 5.00. The van der Waals surface area contributed by atoms with Crippen molar-refractivity contribution in [2.45, 2.75) is 90.9 Å². The molecule has 0 aliphatic heterocycles. The number of allylic oxidation sites excluding steroid dienone is 24. The van der Waals surface area contributed by atoms with E-state index in [9.17, 15) is 0 Å². The smallest absolute Gasteiger partial charge is 1.00 e. The first-order chi connectivity index (χ1) is 21.8. The largest absolute Gasteiger partial charge is 4.00 e. The molecule has 0 aromatic rings. The minimum absolute atomic E-state index is 0. The molecule has 1 atom stereocenters. The standard InChI is InChI=1S/C14H18O.C8H18O.4C5H5.ClH.Hf.2Ti.H/c15-11-5-10-14(12-6-1-2-7-12)13-8-3-4-9-13;1-3-5-6-8(4-2)7-9;4*1-2-4-5-3-1;;;;;/h1-4,6,8,14-15H,5,7,9-11H2;8-9H,3-7H2,1-2H3;4*1-3H,4H2;1H;;;;/q;;4*-1;;+4;2*+3;-1/p-1. The summed E-state index contributed by atoms with van der Waals surface area (Å²) in [4.78, 5) is 0. The van der Waals surface area contributed by atoms with Crippen molar-refractivity contribution in [1.82, 2.24) is 0 Å². The fourth-order valence-electron chi connectivity index (χ4n) is 4.63. The topological polar surface area (TPSA) is 40.5 Å². The van der Waals surface area contributed by atoms with Crippen LogP contribution in [0.3, 0.4) is 0 Å². The molecule has 0 bridgehead atoms. The van der Waals surface area contributed by atoms with Gasteiger partial charge >= 0.3 is 69.3 Å². The van der Waals surface area contributed by atoms with Crippen LogP contribution in [0.5, 0.6) is 0 Å². The van der Waals surface area contributed by atoms with Crippen LogP contribution in [-0.2, 0) is 69.3 Å². The average Bonchev–Trinajstić information content (AvgIpc) is 3.94. The van der Waals surface area contributed by atoms with E-state index in [4.69, 9.17) is 10.2 Å². The van der Waals surface area contributed by atoms with E-state index in [0.29, 0.717) is 25.0 Å². The van der Waals surface area contributed by atoms with E-state index in [1.54, 1.807) is 0 Å². The molecule has 0 aromatic carbocycles. The summed E-state index contributed by atoms with van der Waals surface area (Å²) < 4.78 is 0. The molecule has 2 nitrogen and oxygen atoms in total. The second-order valence-corrected chi connectivity index (χ2v) is 10.8. The molecule has 0 spiro atoms. The van der Waals surface area contributed by atoms with Crippen molar-refractivity contribution in [3.63, 3.8) is 0 Å². The summed E-state index contributed by atoms with van der Waals surface area (Å²) >= 11 is 0. The van der Waals surface area contributed by atoms with Crippen LogP contribution in [0.4, 0.5) is 0 Å². The number of aliphatic hydroxyl groups is 2. The minimum atomic E-state index is 0. The van der Waals surface area contributed by atoms with Gasteiger partial charge in [0, 0.05) is 19.1 Å². The van der Waals surface area contributed by atoms with Gasteiger partial charge in [-0.05, 0) is 38.0 Å².